The molecule has 1 unspecified atom stereocenters. The first-order valence-electron chi connectivity index (χ1n) is 8.27. The number of hydrogen-bond donors (Lipinski definition) is 0. The highest BCUT2D eigenvalue weighted by Crippen LogP contribution is 2.30. The zero-order chi connectivity index (χ0) is 17.1. The number of aromatic nitrogens is 1. The third-order valence-corrected chi connectivity index (χ3v) is 4.04. The molecule has 6 nitrogen and oxygen atoms in total. The number of carbonyl (C=O) groups is 1. The van der Waals surface area contributed by atoms with Gasteiger partial charge in [-0.3, -0.25) is 0 Å². The summed E-state index contributed by atoms with van der Waals surface area (Å²) in [7, 11) is 0. The van der Waals surface area contributed by atoms with E-state index in [1.54, 1.807) is 4.90 Å². The van der Waals surface area contributed by atoms with Crippen LogP contribution in [0.4, 0.5) is 4.79 Å². The number of amides is 1. The fourth-order valence-corrected chi connectivity index (χ4v) is 2.80. The smallest absolute Gasteiger partial charge is 0.410 e. The second-order valence-corrected chi connectivity index (χ2v) is 7.26. The Morgan fingerprint density at radius 3 is 2.78 bits per heavy atom. The zero-order valence-corrected chi connectivity index (χ0v) is 14.8. The highest BCUT2D eigenvalue weighted by Gasteiger charge is 2.38. The minimum Gasteiger partial charge on any atom is -0.444 e. The Bertz CT molecular complexity index is 535. The van der Waals surface area contributed by atoms with Crippen LogP contribution >= 0.6 is 0 Å². The van der Waals surface area contributed by atoms with Gasteiger partial charge in [-0.05, 0) is 47.0 Å². The van der Waals surface area contributed by atoms with E-state index in [1.165, 1.54) is 0 Å². The van der Waals surface area contributed by atoms with Gasteiger partial charge in [0.15, 0.2) is 0 Å². The molecule has 0 spiro atoms. The Balaban J connectivity index is 1.98. The van der Waals surface area contributed by atoms with Crippen molar-refractivity contribution in [3.8, 4) is 0 Å². The number of nitrogens with zero attached hydrogens (tertiary/aromatic N) is 2. The van der Waals surface area contributed by atoms with Crippen molar-refractivity contribution < 1.29 is 18.8 Å². The molecule has 0 radical (unpaired) electrons. The first-order chi connectivity index (χ1) is 10.7. The molecule has 0 saturated carbocycles. The van der Waals surface area contributed by atoms with E-state index in [9.17, 15) is 4.79 Å². The van der Waals surface area contributed by atoms with Gasteiger partial charge in [-0.15, -0.1) is 0 Å². The molecule has 1 aromatic rings. The van der Waals surface area contributed by atoms with Gasteiger partial charge >= 0.3 is 6.09 Å². The second kappa shape index (κ2) is 6.91. The van der Waals surface area contributed by atoms with E-state index >= 15 is 0 Å². The van der Waals surface area contributed by atoms with Crippen molar-refractivity contribution in [2.45, 2.75) is 71.7 Å². The zero-order valence-electron chi connectivity index (χ0n) is 14.8. The lowest BCUT2D eigenvalue weighted by Crippen LogP contribution is -2.52. The van der Waals surface area contributed by atoms with Gasteiger partial charge in [0, 0.05) is 12.6 Å². The quantitative estimate of drug-likeness (QED) is 0.845. The minimum absolute atomic E-state index is 0.268. The van der Waals surface area contributed by atoms with Gasteiger partial charge in [0.1, 0.15) is 17.1 Å². The molecule has 1 amide bonds. The topological polar surface area (TPSA) is 64.8 Å². The van der Waals surface area contributed by atoms with Crippen molar-refractivity contribution in [2.24, 2.45) is 0 Å². The first kappa shape index (κ1) is 17.8. The summed E-state index contributed by atoms with van der Waals surface area (Å²) >= 11 is 0. The van der Waals surface area contributed by atoms with E-state index in [1.807, 2.05) is 33.8 Å². The van der Waals surface area contributed by atoms with Gasteiger partial charge in [-0.1, -0.05) is 12.1 Å². The Morgan fingerprint density at radius 1 is 1.48 bits per heavy atom. The molecule has 6 heteroatoms. The van der Waals surface area contributed by atoms with Gasteiger partial charge in [0.05, 0.1) is 18.8 Å². The SMILES string of the molecule is CCC1(OCc2cc(C)on2)CCCN(C(=O)OC(C)(C)C)C1. The van der Waals surface area contributed by atoms with Gasteiger partial charge in [0.2, 0.25) is 0 Å². The second-order valence-electron chi connectivity index (χ2n) is 7.26. The number of ether oxygens (including phenoxy) is 2. The van der Waals surface area contributed by atoms with Crippen LogP contribution in [0.2, 0.25) is 0 Å². The lowest BCUT2D eigenvalue weighted by molar-refractivity contribution is -0.103. The van der Waals surface area contributed by atoms with Crippen LogP contribution in [0.1, 0.15) is 58.4 Å². The van der Waals surface area contributed by atoms with Crippen LogP contribution < -0.4 is 0 Å². The molecule has 130 valence electrons. The Labute approximate surface area is 138 Å². The fourth-order valence-electron chi connectivity index (χ4n) is 2.80. The average molecular weight is 324 g/mol. The van der Waals surface area contributed by atoms with E-state index in [4.69, 9.17) is 14.0 Å². The van der Waals surface area contributed by atoms with Crippen molar-refractivity contribution >= 4 is 6.09 Å². The number of likely N-dealkylation sites (tertiary alicyclic amines) is 1. The maximum Gasteiger partial charge on any atom is 0.410 e. The summed E-state index contributed by atoms with van der Waals surface area (Å²) in [5.74, 6) is 0.771. The van der Waals surface area contributed by atoms with Crippen LogP contribution in [-0.2, 0) is 16.1 Å². The van der Waals surface area contributed by atoms with Gasteiger partial charge in [-0.2, -0.15) is 0 Å². The molecule has 1 aliphatic rings. The monoisotopic (exact) mass is 324 g/mol. The van der Waals surface area contributed by atoms with Crippen LogP contribution in [0, 0.1) is 6.92 Å². The number of rotatable bonds is 4. The molecular formula is C17H28N2O4. The van der Waals surface area contributed by atoms with Gasteiger partial charge < -0.3 is 18.9 Å². The summed E-state index contributed by atoms with van der Waals surface area (Å²) in [5.41, 5.74) is -0.0467. The Hall–Kier alpha value is -1.56. The van der Waals surface area contributed by atoms with Crippen LogP contribution in [0.5, 0.6) is 0 Å². The van der Waals surface area contributed by atoms with E-state index in [-0.39, 0.29) is 11.7 Å². The molecule has 0 N–H and O–H groups in total. The summed E-state index contributed by atoms with van der Waals surface area (Å²) in [5, 5.41) is 3.96. The molecule has 2 rings (SSSR count). The van der Waals surface area contributed by atoms with Crippen LogP contribution in [0.25, 0.3) is 0 Å². The lowest BCUT2D eigenvalue weighted by Gasteiger charge is -2.42. The van der Waals surface area contributed by atoms with Crippen LogP contribution in [0.15, 0.2) is 10.6 Å². The number of aryl methyl sites for hydroxylation is 1. The predicted molar refractivity (Wildman–Crippen MR) is 86.1 cm³/mol. The molecule has 1 aliphatic heterocycles. The predicted octanol–water partition coefficient (Wildman–Crippen LogP) is 3.68. The number of hydrogen-bond acceptors (Lipinski definition) is 5. The molecule has 23 heavy (non-hydrogen) atoms. The summed E-state index contributed by atoms with van der Waals surface area (Å²) in [4.78, 5) is 14.1. The van der Waals surface area contributed by atoms with Crippen molar-refractivity contribution in [3.05, 3.63) is 17.5 Å². The molecule has 0 aliphatic carbocycles. The summed E-state index contributed by atoms with van der Waals surface area (Å²) in [6.07, 6.45) is 2.41. The van der Waals surface area contributed by atoms with E-state index in [0.717, 1.165) is 30.7 Å². The van der Waals surface area contributed by atoms with Crippen LogP contribution in [-0.4, -0.2) is 40.4 Å². The molecule has 1 atom stereocenters. The molecule has 1 aromatic heterocycles. The van der Waals surface area contributed by atoms with Crippen LogP contribution in [0.3, 0.4) is 0 Å². The highest BCUT2D eigenvalue weighted by atomic mass is 16.6. The van der Waals surface area contributed by atoms with E-state index < -0.39 is 5.60 Å². The van der Waals surface area contributed by atoms with Crippen molar-refractivity contribution in [1.82, 2.24) is 10.1 Å². The van der Waals surface area contributed by atoms with Gasteiger partial charge in [-0.25, -0.2) is 4.79 Å². The van der Waals surface area contributed by atoms with E-state index in [2.05, 4.69) is 12.1 Å². The van der Waals surface area contributed by atoms with Crippen molar-refractivity contribution in [2.75, 3.05) is 13.1 Å². The Morgan fingerprint density at radius 2 is 2.22 bits per heavy atom. The first-order valence-corrected chi connectivity index (χ1v) is 8.27. The maximum absolute atomic E-state index is 12.3. The molecule has 1 saturated heterocycles. The normalized spacial score (nSPS) is 22.2. The number of carbonyl (C=O) groups excluding carboxylic acids is 1. The molecular weight excluding hydrogens is 296 g/mol. The minimum atomic E-state index is -0.484. The summed E-state index contributed by atoms with van der Waals surface area (Å²) < 4.78 is 16.7. The lowest BCUT2D eigenvalue weighted by atomic mass is 9.90. The molecule has 0 bridgehead atoms. The molecule has 2 heterocycles. The third kappa shape index (κ3) is 4.96. The summed E-state index contributed by atoms with van der Waals surface area (Å²) in [6.45, 7) is 11.2. The van der Waals surface area contributed by atoms with Crippen molar-refractivity contribution in [1.29, 1.82) is 0 Å². The maximum atomic E-state index is 12.3. The highest BCUT2D eigenvalue weighted by molar-refractivity contribution is 5.68. The Kier molecular flexibility index (Phi) is 5.34. The van der Waals surface area contributed by atoms with Gasteiger partial charge in [0.25, 0.3) is 0 Å². The standard InChI is InChI=1S/C17H28N2O4/c1-6-17(21-11-14-10-13(2)23-18-14)8-7-9-19(12-17)15(20)22-16(3,4)5/h10H,6-9,11-12H2,1-5H3. The number of piperidine rings is 1. The molecule has 0 aromatic carbocycles. The van der Waals surface area contributed by atoms with E-state index in [0.29, 0.717) is 19.7 Å². The fraction of sp³-hybridized carbons (Fsp3) is 0.765. The summed E-state index contributed by atoms with van der Waals surface area (Å²) in [6, 6.07) is 1.87. The molecule has 1 fully saturated rings. The van der Waals surface area contributed by atoms with Crippen molar-refractivity contribution in [3.63, 3.8) is 0 Å². The average Bonchev–Trinajstić information content (AvgIpc) is 2.89. The largest absolute Gasteiger partial charge is 0.444 e. The third-order valence-electron chi connectivity index (χ3n) is 4.04.